The fourth-order valence-electron chi connectivity index (χ4n) is 3.53. The molecule has 3 N–H and O–H groups in total. The third-order valence-corrected chi connectivity index (χ3v) is 5.69. The van der Waals surface area contributed by atoms with Gasteiger partial charge in [0.25, 0.3) is 5.69 Å². The number of benzene rings is 1. The normalized spacial score (nSPS) is 16.8. The summed E-state index contributed by atoms with van der Waals surface area (Å²) in [6.07, 6.45) is 2.44. The van der Waals surface area contributed by atoms with E-state index in [0.717, 1.165) is 13.1 Å². The van der Waals surface area contributed by atoms with Crippen molar-refractivity contribution in [2.75, 3.05) is 18.4 Å². The molecule has 1 aromatic carbocycles. The molecule has 1 aromatic heterocycles. The Morgan fingerprint density at radius 2 is 1.92 bits per heavy atom. The first-order chi connectivity index (χ1) is 12.5. The van der Waals surface area contributed by atoms with Crippen molar-refractivity contribution in [2.45, 2.75) is 31.8 Å². The van der Waals surface area contributed by atoms with E-state index >= 15 is 0 Å². The van der Waals surface area contributed by atoms with E-state index < -0.39 is 4.92 Å². The summed E-state index contributed by atoms with van der Waals surface area (Å²) in [6, 6.07) is 9.91. The molecule has 1 aliphatic heterocycles. The number of hydrogen-bond donors (Lipinski definition) is 3. The molecule has 0 saturated carbocycles. The van der Waals surface area contributed by atoms with Crippen LogP contribution in [0.25, 0.3) is 0 Å². The Kier molecular flexibility index (Phi) is 5.85. The van der Waals surface area contributed by atoms with E-state index in [-0.39, 0.29) is 23.8 Å². The topological polar surface area (TPSA) is 88.7 Å². The number of likely N-dealkylation sites (tertiary alicyclic amines) is 1. The van der Waals surface area contributed by atoms with E-state index in [0.29, 0.717) is 5.69 Å². The molecule has 3 rings (SSSR count). The van der Waals surface area contributed by atoms with Crippen LogP contribution in [0, 0.1) is 10.1 Å². The second-order valence-electron chi connectivity index (χ2n) is 6.55. The van der Waals surface area contributed by atoms with Crippen LogP contribution in [0.2, 0.25) is 0 Å². The lowest BCUT2D eigenvalue weighted by atomic mass is 10.1. The third kappa shape index (κ3) is 4.39. The first kappa shape index (κ1) is 18.3. The summed E-state index contributed by atoms with van der Waals surface area (Å²) in [7, 11) is 0. The van der Waals surface area contributed by atoms with Crippen LogP contribution in [0.5, 0.6) is 0 Å². The predicted molar refractivity (Wildman–Crippen MR) is 102 cm³/mol. The lowest BCUT2D eigenvalue weighted by Crippen LogP contribution is -3.11. The number of nitrogens with one attached hydrogen (secondary N) is 3. The minimum absolute atomic E-state index is 0.000260. The number of nitro benzene ring substituents is 1. The molecule has 2 atom stereocenters. The minimum atomic E-state index is -0.462. The number of nitro groups is 1. The van der Waals surface area contributed by atoms with Crippen LogP contribution in [-0.4, -0.2) is 30.1 Å². The Bertz CT molecular complexity index is 742. The molecule has 138 valence electrons. The highest BCUT2D eigenvalue weighted by molar-refractivity contribution is 7.10. The van der Waals surface area contributed by atoms with Gasteiger partial charge in [-0.25, -0.2) is 4.79 Å². The van der Waals surface area contributed by atoms with Gasteiger partial charge in [-0.1, -0.05) is 6.07 Å². The molecule has 0 aliphatic carbocycles. The fourth-order valence-corrected chi connectivity index (χ4v) is 4.52. The van der Waals surface area contributed by atoms with Gasteiger partial charge in [0.05, 0.1) is 28.9 Å². The van der Waals surface area contributed by atoms with Crippen LogP contribution in [0.1, 0.15) is 30.7 Å². The van der Waals surface area contributed by atoms with Gasteiger partial charge >= 0.3 is 6.03 Å². The van der Waals surface area contributed by atoms with Gasteiger partial charge in [-0.05, 0) is 30.5 Å². The number of urea groups is 1. The average molecular weight is 375 g/mol. The zero-order chi connectivity index (χ0) is 18.5. The van der Waals surface area contributed by atoms with Crippen molar-refractivity contribution in [2.24, 2.45) is 0 Å². The van der Waals surface area contributed by atoms with Gasteiger partial charge in [0.1, 0.15) is 6.04 Å². The summed E-state index contributed by atoms with van der Waals surface area (Å²) in [4.78, 5) is 25.4. The molecule has 1 fully saturated rings. The second kappa shape index (κ2) is 8.29. The van der Waals surface area contributed by atoms with E-state index in [2.05, 4.69) is 22.1 Å². The minimum Gasteiger partial charge on any atom is -0.329 e. The van der Waals surface area contributed by atoms with Crippen molar-refractivity contribution in [3.63, 3.8) is 0 Å². The Morgan fingerprint density at radius 3 is 2.50 bits per heavy atom. The highest BCUT2D eigenvalue weighted by Crippen LogP contribution is 2.21. The maximum atomic E-state index is 12.4. The molecule has 2 heterocycles. The lowest BCUT2D eigenvalue weighted by Gasteiger charge is -2.29. The number of thiophene rings is 1. The van der Waals surface area contributed by atoms with Gasteiger partial charge in [0.15, 0.2) is 0 Å². The van der Waals surface area contributed by atoms with Gasteiger partial charge in [0, 0.05) is 30.7 Å². The zero-order valence-electron chi connectivity index (χ0n) is 14.6. The molecule has 0 unspecified atom stereocenters. The Labute approximate surface area is 156 Å². The maximum Gasteiger partial charge on any atom is 0.319 e. The van der Waals surface area contributed by atoms with Gasteiger partial charge < -0.3 is 15.5 Å². The Hall–Kier alpha value is -2.45. The SMILES string of the molecule is C[C@H](NC(=O)Nc1ccc([N+](=O)[O-])cc1)[C@@H](c1cccs1)[NH+]1CCCC1. The van der Waals surface area contributed by atoms with Crippen LogP contribution >= 0.6 is 11.3 Å². The van der Waals surface area contributed by atoms with Crippen LogP contribution in [-0.2, 0) is 0 Å². The maximum absolute atomic E-state index is 12.4. The first-order valence-corrected chi connectivity index (χ1v) is 9.62. The van der Waals surface area contributed by atoms with Gasteiger partial charge in [-0.15, -0.1) is 11.3 Å². The van der Waals surface area contributed by atoms with Crippen LogP contribution in [0.4, 0.5) is 16.2 Å². The number of quaternary nitrogens is 1. The summed E-state index contributed by atoms with van der Waals surface area (Å²) < 4.78 is 0. The molecular formula is C18H23N4O3S+. The molecule has 7 nitrogen and oxygen atoms in total. The number of non-ortho nitro benzene ring substituents is 1. The third-order valence-electron chi connectivity index (χ3n) is 4.73. The Balaban J connectivity index is 1.63. The fraction of sp³-hybridized carbons (Fsp3) is 0.389. The zero-order valence-corrected chi connectivity index (χ0v) is 15.4. The molecule has 1 saturated heterocycles. The van der Waals surface area contributed by atoms with Gasteiger partial charge in [-0.3, -0.25) is 10.1 Å². The molecule has 2 aromatic rings. The molecule has 26 heavy (non-hydrogen) atoms. The van der Waals surface area contributed by atoms with Crippen molar-refractivity contribution in [3.8, 4) is 0 Å². The van der Waals surface area contributed by atoms with E-state index in [4.69, 9.17) is 0 Å². The summed E-state index contributed by atoms with van der Waals surface area (Å²) >= 11 is 1.73. The van der Waals surface area contributed by atoms with Crippen LogP contribution in [0.3, 0.4) is 0 Å². The number of anilines is 1. The number of rotatable bonds is 6. The highest BCUT2D eigenvalue weighted by Gasteiger charge is 2.33. The summed E-state index contributed by atoms with van der Waals surface area (Å²) in [5, 5.41) is 18.6. The molecule has 0 bridgehead atoms. The monoisotopic (exact) mass is 375 g/mol. The standard InChI is InChI=1S/C18H22N4O3S/c1-13(17(16-5-4-12-26-16)21-10-2-3-11-21)19-18(23)20-14-6-8-15(9-7-14)22(24)25/h4-9,12-13,17H,2-3,10-11H2,1H3,(H2,19,20,23)/p+1/t13-,17-/m0/s1. The summed E-state index contributed by atoms with van der Waals surface area (Å²) in [5.41, 5.74) is 0.529. The second-order valence-corrected chi connectivity index (χ2v) is 7.53. The average Bonchev–Trinajstić information content (AvgIpc) is 3.30. The molecule has 2 amide bonds. The van der Waals surface area contributed by atoms with E-state index in [1.807, 2.05) is 13.0 Å². The van der Waals surface area contributed by atoms with Gasteiger partial charge in [-0.2, -0.15) is 0 Å². The smallest absolute Gasteiger partial charge is 0.319 e. The molecular weight excluding hydrogens is 352 g/mol. The van der Waals surface area contributed by atoms with Crippen molar-refractivity contribution >= 4 is 28.7 Å². The number of hydrogen-bond acceptors (Lipinski definition) is 4. The predicted octanol–water partition coefficient (Wildman–Crippen LogP) is 2.59. The number of carbonyl (C=O) groups excluding carboxylic acids is 1. The number of carbonyl (C=O) groups is 1. The largest absolute Gasteiger partial charge is 0.329 e. The summed E-state index contributed by atoms with van der Waals surface area (Å²) in [5.74, 6) is 0. The summed E-state index contributed by atoms with van der Waals surface area (Å²) in [6.45, 7) is 4.28. The van der Waals surface area contributed by atoms with Crippen molar-refractivity contribution < 1.29 is 14.6 Å². The molecule has 0 spiro atoms. The van der Waals surface area contributed by atoms with E-state index in [9.17, 15) is 14.9 Å². The first-order valence-electron chi connectivity index (χ1n) is 8.74. The van der Waals surface area contributed by atoms with E-state index in [1.165, 1.54) is 46.9 Å². The molecule has 0 radical (unpaired) electrons. The Morgan fingerprint density at radius 1 is 1.23 bits per heavy atom. The number of nitrogens with zero attached hydrogens (tertiary/aromatic N) is 1. The van der Waals surface area contributed by atoms with Gasteiger partial charge in [0.2, 0.25) is 0 Å². The quantitative estimate of drug-likeness (QED) is 0.536. The molecule has 8 heteroatoms. The van der Waals surface area contributed by atoms with Crippen molar-refractivity contribution in [1.29, 1.82) is 0 Å². The van der Waals surface area contributed by atoms with Crippen molar-refractivity contribution in [1.82, 2.24) is 5.32 Å². The lowest BCUT2D eigenvalue weighted by molar-refractivity contribution is -0.920. The molecule has 1 aliphatic rings. The van der Waals surface area contributed by atoms with Crippen LogP contribution in [0.15, 0.2) is 41.8 Å². The van der Waals surface area contributed by atoms with Crippen molar-refractivity contribution in [3.05, 3.63) is 56.8 Å². The number of amides is 2. The van der Waals surface area contributed by atoms with Crippen LogP contribution < -0.4 is 15.5 Å². The highest BCUT2D eigenvalue weighted by atomic mass is 32.1. The van der Waals surface area contributed by atoms with E-state index in [1.54, 1.807) is 11.3 Å².